The number of nitrogens with zero attached hydrogens (tertiary/aromatic N) is 6. The summed E-state index contributed by atoms with van der Waals surface area (Å²) >= 11 is 1.40. The largest absolute Gasteiger partial charge is 0.308 e. The van der Waals surface area contributed by atoms with Gasteiger partial charge in [-0.05, 0) is 13.2 Å². The second kappa shape index (κ2) is 5.04. The lowest BCUT2D eigenvalue weighted by atomic mass is 10.3. The van der Waals surface area contributed by atoms with E-state index in [1.807, 2.05) is 17.7 Å². The first-order chi connectivity index (χ1) is 9.69. The minimum absolute atomic E-state index is 0.180. The zero-order valence-electron chi connectivity index (χ0n) is 11.0. The molecule has 0 saturated heterocycles. The Morgan fingerprint density at radius 1 is 1.35 bits per heavy atom. The van der Waals surface area contributed by atoms with Crippen molar-refractivity contribution < 1.29 is 0 Å². The molecular weight excluding hydrogens is 276 g/mol. The van der Waals surface area contributed by atoms with Crippen LogP contribution in [0.5, 0.6) is 0 Å². The van der Waals surface area contributed by atoms with Crippen LogP contribution in [0.4, 0.5) is 0 Å². The lowest BCUT2D eigenvalue weighted by Crippen LogP contribution is -2.20. The summed E-state index contributed by atoms with van der Waals surface area (Å²) < 4.78 is 3.22. The highest BCUT2D eigenvalue weighted by molar-refractivity contribution is 7.98. The van der Waals surface area contributed by atoms with Gasteiger partial charge in [0.15, 0.2) is 0 Å². The number of thioether (sulfide) groups is 1. The van der Waals surface area contributed by atoms with Crippen LogP contribution >= 0.6 is 11.8 Å². The van der Waals surface area contributed by atoms with Crippen molar-refractivity contribution in [2.75, 3.05) is 6.26 Å². The van der Waals surface area contributed by atoms with Crippen molar-refractivity contribution >= 4 is 17.5 Å². The van der Waals surface area contributed by atoms with E-state index < -0.39 is 0 Å². The van der Waals surface area contributed by atoms with E-state index in [2.05, 4.69) is 20.1 Å². The molecule has 3 aromatic heterocycles. The maximum absolute atomic E-state index is 11.9. The maximum atomic E-state index is 11.9. The van der Waals surface area contributed by atoms with Crippen molar-refractivity contribution in [3.63, 3.8) is 0 Å². The van der Waals surface area contributed by atoms with Crippen molar-refractivity contribution in [1.29, 1.82) is 0 Å². The monoisotopic (exact) mass is 288 g/mol. The molecule has 0 unspecified atom stereocenters. The average molecular weight is 288 g/mol. The second-order valence-corrected chi connectivity index (χ2v) is 4.99. The number of hydrogen-bond donors (Lipinski definition) is 0. The number of rotatable bonds is 3. The first-order valence-electron chi connectivity index (χ1n) is 5.95. The van der Waals surface area contributed by atoms with E-state index in [0.29, 0.717) is 17.5 Å². The van der Waals surface area contributed by atoms with Gasteiger partial charge in [0.1, 0.15) is 0 Å². The highest BCUT2D eigenvalue weighted by Gasteiger charge is 2.12. The maximum Gasteiger partial charge on any atom is 0.275 e. The van der Waals surface area contributed by atoms with Gasteiger partial charge in [-0.15, -0.1) is 5.10 Å². The van der Waals surface area contributed by atoms with Gasteiger partial charge < -0.3 is 4.57 Å². The summed E-state index contributed by atoms with van der Waals surface area (Å²) in [6.45, 7) is 2.36. The fourth-order valence-corrected chi connectivity index (χ4v) is 2.28. The Balaban J connectivity index is 2.19. The van der Waals surface area contributed by atoms with Crippen LogP contribution in [0.2, 0.25) is 0 Å². The molecule has 0 atom stereocenters. The number of fused-ring (bicyclic) bond motifs is 1. The van der Waals surface area contributed by atoms with Crippen molar-refractivity contribution in [2.45, 2.75) is 18.6 Å². The van der Waals surface area contributed by atoms with Crippen LogP contribution in [0.3, 0.4) is 0 Å². The predicted octanol–water partition coefficient (Wildman–Crippen LogP) is 0.760. The van der Waals surface area contributed by atoms with Gasteiger partial charge >= 0.3 is 0 Å². The van der Waals surface area contributed by atoms with E-state index in [0.717, 1.165) is 11.4 Å². The predicted molar refractivity (Wildman–Crippen MR) is 74.9 cm³/mol. The first kappa shape index (κ1) is 12.8. The summed E-state index contributed by atoms with van der Waals surface area (Å²) in [5, 5.41) is 4.74. The molecule has 3 rings (SSSR count). The molecule has 0 aliphatic carbocycles. The third-order valence-corrected chi connectivity index (χ3v) is 3.44. The third kappa shape index (κ3) is 2.18. The minimum atomic E-state index is -0.180. The molecule has 0 spiro atoms. The quantitative estimate of drug-likeness (QED) is 0.662. The van der Waals surface area contributed by atoms with Crippen LogP contribution in [0.15, 0.2) is 34.6 Å². The van der Waals surface area contributed by atoms with Crippen LogP contribution < -0.4 is 5.56 Å². The molecule has 0 fully saturated rings. The van der Waals surface area contributed by atoms with Crippen LogP contribution in [-0.4, -0.2) is 35.4 Å². The van der Waals surface area contributed by atoms with E-state index in [1.165, 1.54) is 16.3 Å². The van der Waals surface area contributed by atoms with Gasteiger partial charge in [0.2, 0.25) is 10.9 Å². The molecule has 0 aliphatic heterocycles. The number of aromatic nitrogens is 6. The van der Waals surface area contributed by atoms with Crippen LogP contribution in [-0.2, 0) is 6.54 Å². The van der Waals surface area contributed by atoms with Gasteiger partial charge in [-0.2, -0.15) is 9.50 Å². The molecule has 0 N–H and O–H groups in total. The SMILES string of the molecule is CSc1nc2n(Cc3cnccn3)c(C)cc(=O)n2n1. The zero-order chi connectivity index (χ0) is 14.1. The van der Waals surface area contributed by atoms with Crippen LogP contribution in [0, 0.1) is 6.92 Å². The van der Waals surface area contributed by atoms with Gasteiger partial charge in [-0.1, -0.05) is 11.8 Å². The molecule has 0 radical (unpaired) electrons. The standard InChI is InChI=1S/C12H12N6OS/c1-8-5-10(19)18-12(15-11(16-18)20-2)17(8)7-9-6-13-3-4-14-9/h3-6H,7H2,1-2H3. The Morgan fingerprint density at radius 2 is 2.20 bits per heavy atom. The lowest BCUT2D eigenvalue weighted by molar-refractivity contribution is 0.713. The smallest absolute Gasteiger partial charge is 0.275 e. The molecule has 0 aliphatic rings. The number of aryl methyl sites for hydroxylation is 1. The molecule has 3 aromatic rings. The Kier molecular flexibility index (Phi) is 3.23. The second-order valence-electron chi connectivity index (χ2n) is 4.22. The molecule has 7 nitrogen and oxygen atoms in total. The Labute approximate surface area is 118 Å². The Bertz CT molecular complexity index is 810. The third-order valence-electron chi connectivity index (χ3n) is 2.90. The van der Waals surface area contributed by atoms with Gasteiger partial charge in [-0.3, -0.25) is 14.8 Å². The van der Waals surface area contributed by atoms with Crippen molar-refractivity contribution in [3.8, 4) is 0 Å². The van der Waals surface area contributed by atoms with Gasteiger partial charge in [0.05, 0.1) is 18.4 Å². The van der Waals surface area contributed by atoms with Crippen LogP contribution in [0.25, 0.3) is 5.78 Å². The van der Waals surface area contributed by atoms with Gasteiger partial charge in [0, 0.05) is 24.2 Å². The summed E-state index contributed by atoms with van der Waals surface area (Å²) in [5.41, 5.74) is 1.43. The Morgan fingerprint density at radius 3 is 2.90 bits per heavy atom. The van der Waals surface area contributed by atoms with E-state index >= 15 is 0 Å². The summed E-state index contributed by atoms with van der Waals surface area (Å²) in [6.07, 6.45) is 6.83. The topological polar surface area (TPSA) is 78.0 Å². The molecule has 3 heterocycles. The summed E-state index contributed by atoms with van der Waals surface area (Å²) in [4.78, 5) is 24.6. The molecule has 20 heavy (non-hydrogen) atoms. The highest BCUT2D eigenvalue weighted by atomic mass is 32.2. The molecule has 0 amide bonds. The molecule has 0 aromatic carbocycles. The van der Waals surface area contributed by atoms with Gasteiger partial charge in [-0.25, -0.2) is 0 Å². The van der Waals surface area contributed by atoms with Gasteiger partial charge in [0.25, 0.3) is 5.56 Å². The van der Waals surface area contributed by atoms with E-state index in [1.54, 1.807) is 24.7 Å². The van der Waals surface area contributed by atoms with E-state index in [9.17, 15) is 4.79 Å². The lowest BCUT2D eigenvalue weighted by Gasteiger charge is -2.10. The fourth-order valence-electron chi connectivity index (χ4n) is 1.94. The van der Waals surface area contributed by atoms with Crippen molar-refractivity contribution in [3.05, 3.63) is 46.4 Å². The summed E-state index contributed by atoms with van der Waals surface area (Å²) in [5.74, 6) is 0.519. The highest BCUT2D eigenvalue weighted by Crippen LogP contribution is 2.12. The molecular formula is C12H12N6OS. The van der Waals surface area contributed by atoms with Crippen molar-refractivity contribution in [2.24, 2.45) is 0 Å². The molecule has 8 heteroatoms. The minimum Gasteiger partial charge on any atom is -0.308 e. The average Bonchev–Trinajstić information content (AvgIpc) is 2.89. The van der Waals surface area contributed by atoms with E-state index in [4.69, 9.17) is 0 Å². The normalized spacial score (nSPS) is 11.1. The zero-order valence-corrected chi connectivity index (χ0v) is 11.8. The molecule has 0 saturated carbocycles. The molecule has 102 valence electrons. The fraction of sp³-hybridized carbons (Fsp3) is 0.250. The van der Waals surface area contributed by atoms with Crippen molar-refractivity contribution in [1.82, 2.24) is 29.1 Å². The van der Waals surface area contributed by atoms with E-state index in [-0.39, 0.29) is 5.56 Å². The Hall–Kier alpha value is -2.22. The molecule has 0 bridgehead atoms. The first-order valence-corrected chi connectivity index (χ1v) is 7.17. The summed E-state index contributed by atoms with van der Waals surface area (Å²) in [6, 6.07) is 1.54. The number of hydrogen-bond acceptors (Lipinski definition) is 6. The van der Waals surface area contributed by atoms with Crippen LogP contribution in [0.1, 0.15) is 11.4 Å². The summed E-state index contributed by atoms with van der Waals surface area (Å²) in [7, 11) is 0.